The normalized spacial score (nSPS) is 13.5. The standard InChI is InChI=1S/C11H16Cl2N2O3S/c1-3-8(6-18-2)15-19(16,17)11-9(13)4-7(12)5-10(11)14/h4-5,8,15H,3,6,14H2,1-2H3. The number of ether oxygens (including phenoxy) is 1. The van der Waals surface area contributed by atoms with Crippen LogP contribution < -0.4 is 10.5 Å². The second-order valence-corrected chi connectivity index (χ2v) is 6.48. The van der Waals surface area contributed by atoms with Crippen LogP contribution in [0.4, 0.5) is 5.69 Å². The minimum Gasteiger partial charge on any atom is -0.398 e. The lowest BCUT2D eigenvalue weighted by molar-refractivity contribution is 0.173. The third kappa shape index (κ3) is 4.22. The largest absolute Gasteiger partial charge is 0.398 e. The van der Waals surface area contributed by atoms with Gasteiger partial charge in [0.15, 0.2) is 0 Å². The van der Waals surface area contributed by atoms with Gasteiger partial charge in [-0.1, -0.05) is 30.1 Å². The lowest BCUT2D eigenvalue weighted by Gasteiger charge is -2.17. The van der Waals surface area contributed by atoms with Gasteiger partial charge in [-0.2, -0.15) is 0 Å². The minimum atomic E-state index is -3.82. The summed E-state index contributed by atoms with van der Waals surface area (Å²) >= 11 is 11.7. The molecule has 1 atom stereocenters. The predicted molar refractivity (Wildman–Crippen MR) is 77.2 cm³/mol. The van der Waals surface area contributed by atoms with E-state index in [1.54, 1.807) is 0 Å². The van der Waals surface area contributed by atoms with Crippen molar-refractivity contribution >= 4 is 38.9 Å². The van der Waals surface area contributed by atoms with E-state index in [0.29, 0.717) is 6.42 Å². The number of hydrogen-bond acceptors (Lipinski definition) is 4. The Balaban J connectivity index is 3.14. The lowest BCUT2D eigenvalue weighted by atomic mass is 10.3. The van der Waals surface area contributed by atoms with Crippen molar-refractivity contribution in [1.29, 1.82) is 0 Å². The van der Waals surface area contributed by atoms with Gasteiger partial charge in [0.25, 0.3) is 0 Å². The van der Waals surface area contributed by atoms with Crippen LogP contribution in [0.2, 0.25) is 10.0 Å². The topological polar surface area (TPSA) is 81.4 Å². The van der Waals surface area contributed by atoms with E-state index in [2.05, 4.69) is 4.72 Å². The van der Waals surface area contributed by atoms with E-state index < -0.39 is 10.0 Å². The van der Waals surface area contributed by atoms with Gasteiger partial charge in [0.05, 0.1) is 17.3 Å². The van der Waals surface area contributed by atoms with E-state index >= 15 is 0 Å². The van der Waals surface area contributed by atoms with Gasteiger partial charge in [0.2, 0.25) is 10.0 Å². The summed E-state index contributed by atoms with van der Waals surface area (Å²) in [5.41, 5.74) is 5.69. The maximum absolute atomic E-state index is 12.3. The number of nitrogen functional groups attached to an aromatic ring is 1. The summed E-state index contributed by atoms with van der Waals surface area (Å²) < 4.78 is 32.0. The zero-order valence-corrected chi connectivity index (χ0v) is 12.9. The third-order valence-electron chi connectivity index (χ3n) is 2.49. The van der Waals surface area contributed by atoms with E-state index in [-0.39, 0.29) is 33.3 Å². The highest BCUT2D eigenvalue weighted by Gasteiger charge is 2.24. The predicted octanol–water partition coefficient (Wildman–Crippen LogP) is 2.28. The highest BCUT2D eigenvalue weighted by Crippen LogP contribution is 2.31. The summed E-state index contributed by atoms with van der Waals surface area (Å²) in [6, 6.07) is 2.34. The Morgan fingerprint density at radius 3 is 2.53 bits per heavy atom. The number of benzene rings is 1. The average molecular weight is 327 g/mol. The van der Waals surface area contributed by atoms with Gasteiger partial charge in [-0.05, 0) is 18.6 Å². The first kappa shape index (κ1) is 16.5. The second kappa shape index (κ2) is 6.76. The number of nitrogens with two attached hydrogens (primary N) is 1. The summed E-state index contributed by atoms with van der Waals surface area (Å²) in [5, 5.41) is 0.273. The van der Waals surface area contributed by atoms with Crippen molar-refractivity contribution in [3.05, 3.63) is 22.2 Å². The van der Waals surface area contributed by atoms with E-state index in [9.17, 15) is 8.42 Å². The van der Waals surface area contributed by atoms with Gasteiger partial charge < -0.3 is 10.5 Å². The first-order valence-corrected chi connectivity index (χ1v) is 7.81. The van der Waals surface area contributed by atoms with Crippen LogP contribution >= 0.6 is 23.2 Å². The lowest BCUT2D eigenvalue weighted by Crippen LogP contribution is -2.37. The van der Waals surface area contributed by atoms with E-state index in [4.69, 9.17) is 33.7 Å². The number of nitrogens with one attached hydrogen (secondary N) is 1. The van der Waals surface area contributed by atoms with Crippen LogP contribution in [0, 0.1) is 0 Å². The Morgan fingerprint density at radius 2 is 2.05 bits per heavy atom. The maximum atomic E-state index is 12.3. The molecule has 0 heterocycles. The van der Waals surface area contributed by atoms with Crippen LogP contribution in [-0.4, -0.2) is 28.2 Å². The van der Waals surface area contributed by atoms with Gasteiger partial charge in [-0.25, -0.2) is 13.1 Å². The number of methoxy groups -OCH3 is 1. The van der Waals surface area contributed by atoms with Crippen molar-refractivity contribution in [2.75, 3.05) is 19.5 Å². The molecule has 108 valence electrons. The fraction of sp³-hybridized carbons (Fsp3) is 0.455. The summed E-state index contributed by atoms with van der Waals surface area (Å²) in [6.45, 7) is 2.11. The van der Waals surface area contributed by atoms with E-state index in [1.165, 1.54) is 19.2 Å². The molecule has 5 nitrogen and oxygen atoms in total. The monoisotopic (exact) mass is 326 g/mol. The van der Waals surface area contributed by atoms with Gasteiger partial charge in [-0.3, -0.25) is 0 Å². The van der Waals surface area contributed by atoms with Gasteiger partial charge in [0.1, 0.15) is 4.90 Å². The minimum absolute atomic E-state index is 0.00947. The Bertz CT molecular complexity index is 526. The highest BCUT2D eigenvalue weighted by molar-refractivity contribution is 7.89. The number of anilines is 1. The smallest absolute Gasteiger partial charge is 0.244 e. The fourth-order valence-corrected chi connectivity index (χ4v) is 3.87. The zero-order chi connectivity index (χ0) is 14.6. The van der Waals surface area contributed by atoms with Crippen LogP contribution in [0.3, 0.4) is 0 Å². The SMILES string of the molecule is CCC(COC)NS(=O)(=O)c1c(N)cc(Cl)cc1Cl. The zero-order valence-electron chi connectivity index (χ0n) is 10.6. The summed E-state index contributed by atoms with van der Waals surface area (Å²) in [4.78, 5) is -0.159. The molecular formula is C11H16Cl2N2O3S. The van der Waals surface area contributed by atoms with Gasteiger partial charge in [0, 0.05) is 18.2 Å². The first-order chi connectivity index (χ1) is 8.81. The van der Waals surface area contributed by atoms with Crippen molar-refractivity contribution in [2.45, 2.75) is 24.3 Å². The molecule has 0 aliphatic heterocycles. The van der Waals surface area contributed by atoms with Crippen molar-refractivity contribution in [3.8, 4) is 0 Å². The molecular weight excluding hydrogens is 311 g/mol. The van der Waals surface area contributed by atoms with Crippen molar-refractivity contribution in [2.24, 2.45) is 0 Å². The molecule has 3 N–H and O–H groups in total. The first-order valence-electron chi connectivity index (χ1n) is 5.57. The molecule has 1 rings (SSSR count). The highest BCUT2D eigenvalue weighted by atomic mass is 35.5. The molecule has 0 spiro atoms. The fourth-order valence-electron chi connectivity index (χ4n) is 1.58. The summed E-state index contributed by atoms with van der Waals surface area (Å²) in [5.74, 6) is 0. The Hall–Kier alpha value is -0.530. The van der Waals surface area contributed by atoms with Crippen LogP contribution in [0.1, 0.15) is 13.3 Å². The summed E-state index contributed by atoms with van der Waals surface area (Å²) in [6.07, 6.45) is 0.582. The molecule has 1 aromatic rings. The molecule has 0 saturated carbocycles. The maximum Gasteiger partial charge on any atom is 0.244 e. The molecule has 1 aromatic carbocycles. The molecule has 8 heteroatoms. The molecule has 0 aromatic heterocycles. The Kier molecular flexibility index (Phi) is 5.88. The number of hydrogen-bond donors (Lipinski definition) is 2. The Morgan fingerprint density at radius 1 is 1.42 bits per heavy atom. The molecule has 0 aliphatic carbocycles. The summed E-state index contributed by atoms with van der Waals surface area (Å²) in [7, 11) is -2.32. The molecule has 0 amide bonds. The molecule has 1 unspecified atom stereocenters. The molecule has 0 saturated heterocycles. The van der Waals surface area contributed by atoms with Gasteiger partial charge in [-0.15, -0.1) is 0 Å². The van der Waals surface area contributed by atoms with Crippen molar-refractivity contribution < 1.29 is 13.2 Å². The molecule has 0 aliphatic rings. The van der Waals surface area contributed by atoms with Crippen molar-refractivity contribution in [3.63, 3.8) is 0 Å². The van der Waals surface area contributed by atoms with Crippen LogP contribution in [0.15, 0.2) is 17.0 Å². The molecule has 0 fully saturated rings. The number of rotatable bonds is 6. The molecule has 0 bridgehead atoms. The Labute approximate surface area is 123 Å². The second-order valence-electron chi connectivity index (χ2n) is 3.99. The van der Waals surface area contributed by atoms with Crippen LogP contribution in [0.5, 0.6) is 0 Å². The van der Waals surface area contributed by atoms with E-state index in [0.717, 1.165) is 0 Å². The quantitative estimate of drug-likeness (QED) is 0.786. The van der Waals surface area contributed by atoms with Gasteiger partial charge >= 0.3 is 0 Å². The number of sulfonamides is 1. The van der Waals surface area contributed by atoms with Crippen LogP contribution in [-0.2, 0) is 14.8 Å². The third-order valence-corrected chi connectivity index (χ3v) is 4.75. The van der Waals surface area contributed by atoms with Crippen LogP contribution in [0.25, 0.3) is 0 Å². The molecule has 0 radical (unpaired) electrons. The number of halogens is 2. The van der Waals surface area contributed by atoms with E-state index in [1.807, 2.05) is 6.92 Å². The average Bonchev–Trinajstić information content (AvgIpc) is 2.25. The molecule has 19 heavy (non-hydrogen) atoms. The van der Waals surface area contributed by atoms with Crippen molar-refractivity contribution in [1.82, 2.24) is 4.72 Å².